The molecule has 1 aliphatic heterocycles. The van der Waals surface area contributed by atoms with Crippen molar-refractivity contribution in [2.45, 2.75) is 50.8 Å². The molecule has 1 heterocycles. The van der Waals surface area contributed by atoms with Crippen molar-refractivity contribution in [3.8, 4) is 0 Å². The molecule has 0 radical (unpaired) electrons. The van der Waals surface area contributed by atoms with Crippen molar-refractivity contribution in [2.75, 3.05) is 6.61 Å². The van der Waals surface area contributed by atoms with Gasteiger partial charge < -0.3 is 18.9 Å². The van der Waals surface area contributed by atoms with Crippen LogP contribution in [0.3, 0.4) is 0 Å². The number of benzene rings is 4. The van der Waals surface area contributed by atoms with Crippen molar-refractivity contribution in [1.29, 1.82) is 0 Å². The molecule has 0 bridgehead atoms. The Bertz CT molecular complexity index is 1200. The molecular weight excluding hydrogens is 488 g/mol. The van der Waals surface area contributed by atoms with E-state index in [0.29, 0.717) is 33.0 Å². The number of hydrogen-bond acceptors (Lipinski definition) is 5. The average Bonchev–Trinajstić information content (AvgIpc) is 3.00. The van der Waals surface area contributed by atoms with Crippen molar-refractivity contribution >= 4 is 0 Å². The Morgan fingerprint density at radius 3 is 1.38 bits per heavy atom. The maximum atomic E-state index is 6.55. The van der Waals surface area contributed by atoms with Crippen molar-refractivity contribution in [3.63, 3.8) is 0 Å². The molecule has 5 heteroatoms. The highest BCUT2D eigenvalue weighted by atomic mass is 16.6. The van der Waals surface area contributed by atoms with Crippen LogP contribution in [0.5, 0.6) is 0 Å². The van der Waals surface area contributed by atoms with Crippen LogP contribution in [0.1, 0.15) is 22.3 Å². The second-order valence-corrected chi connectivity index (χ2v) is 9.59. The summed E-state index contributed by atoms with van der Waals surface area (Å²) < 4.78 is 31.8. The summed E-state index contributed by atoms with van der Waals surface area (Å²) in [5.74, 6) is 0. The topological polar surface area (TPSA) is 46.2 Å². The second-order valence-electron chi connectivity index (χ2n) is 9.59. The third kappa shape index (κ3) is 8.27. The molecule has 4 aromatic carbocycles. The van der Waals surface area contributed by atoms with Gasteiger partial charge in [-0.15, -0.1) is 0 Å². The molecule has 4 atom stereocenters. The van der Waals surface area contributed by atoms with Crippen LogP contribution in [-0.2, 0) is 50.1 Å². The van der Waals surface area contributed by atoms with Gasteiger partial charge in [0.15, 0.2) is 12.2 Å². The molecule has 0 spiro atoms. The molecule has 0 saturated carbocycles. The molecule has 1 saturated heterocycles. The standard InChI is InChI=1S/C34H35O5/c1-5-13-27(14-6-1)21-35-25-31-33(38-23-29-17-9-3-10-18-29)34(39-24-30-19-11-4-12-20-30)32(26-37-31)36-22-28-15-7-2-8-16-28/h1-20,26,31-34H,21-25H2/q+1/t31?,32?,33-,34+/m1/s1. The summed E-state index contributed by atoms with van der Waals surface area (Å²) in [5.41, 5.74) is 4.37. The maximum Gasteiger partial charge on any atom is 0.261 e. The first-order chi connectivity index (χ1) is 19.3. The summed E-state index contributed by atoms with van der Waals surface area (Å²) in [5, 5.41) is 0. The summed E-state index contributed by atoms with van der Waals surface area (Å²) in [6, 6.07) is 40.5. The van der Waals surface area contributed by atoms with E-state index < -0.39 is 18.3 Å². The van der Waals surface area contributed by atoms with Gasteiger partial charge in [0.1, 0.15) is 6.10 Å². The molecule has 0 N–H and O–H groups in total. The highest BCUT2D eigenvalue weighted by Gasteiger charge is 2.49. The highest BCUT2D eigenvalue weighted by molar-refractivity contribution is 5.16. The largest absolute Gasteiger partial charge is 0.374 e. The molecule has 39 heavy (non-hydrogen) atoms. The van der Waals surface area contributed by atoms with Gasteiger partial charge in [-0.05, 0) is 22.3 Å². The molecule has 0 aromatic heterocycles. The molecule has 1 fully saturated rings. The normalized spacial score (nSPS) is 20.8. The van der Waals surface area contributed by atoms with Gasteiger partial charge in [-0.3, -0.25) is 0 Å². The van der Waals surface area contributed by atoms with Crippen LogP contribution in [0.25, 0.3) is 0 Å². The third-order valence-corrected chi connectivity index (χ3v) is 6.65. The minimum absolute atomic E-state index is 0.352. The van der Waals surface area contributed by atoms with E-state index in [9.17, 15) is 0 Å². The van der Waals surface area contributed by atoms with Gasteiger partial charge in [-0.25, -0.2) is 0 Å². The third-order valence-electron chi connectivity index (χ3n) is 6.65. The Kier molecular flexibility index (Phi) is 10.2. The van der Waals surface area contributed by atoms with E-state index in [0.717, 1.165) is 22.3 Å². The Hall–Kier alpha value is -3.45. The van der Waals surface area contributed by atoms with E-state index in [1.54, 1.807) is 6.61 Å². The van der Waals surface area contributed by atoms with Crippen molar-refractivity contribution < 1.29 is 23.7 Å². The molecule has 0 aliphatic carbocycles. The summed E-state index contributed by atoms with van der Waals surface area (Å²) in [7, 11) is 0. The van der Waals surface area contributed by atoms with Crippen LogP contribution < -0.4 is 0 Å². The fourth-order valence-corrected chi connectivity index (χ4v) is 4.56. The quantitative estimate of drug-likeness (QED) is 0.187. The van der Waals surface area contributed by atoms with Crippen LogP contribution in [0.4, 0.5) is 0 Å². The SMILES string of the molecule is c1ccc(COCC2O[CH+]C(OCc3ccccc3)[C@H](OCc3ccccc3)[C@@H]2OCc2ccccc2)cc1. The molecule has 2 unspecified atom stereocenters. The van der Waals surface area contributed by atoms with Crippen molar-refractivity contribution in [1.82, 2.24) is 0 Å². The molecule has 200 valence electrons. The first-order valence-corrected chi connectivity index (χ1v) is 13.4. The Labute approximate surface area is 231 Å². The minimum Gasteiger partial charge on any atom is -0.374 e. The second kappa shape index (κ2) is 14.6. The zero-order chi connectivity index (χ0) is 26.5. The van der Waals surface area contributed by atoms with Gasteiger partial charge in [-0.2, -0.15) is 4.74 Å². The zero-order valence-corrected chi connectivity index (χ0v) is 22.0. The van der Waals surface area contributed by atoms with E-state index in [4.69, 9.17) is 23.7 Å². The van der Waals surface area contributed by atoms with Crippen molar-refractivity contribution in [3.05, 3.63) is 150 Å². The van der Waals surface area contributed by atoms with Gasteiger partial charge in [0.25, 0.3) is 12.7 Å². The Morgan fingerprint density at radius 2 is 0.897 bits per heavy atom. The minimum atomic E-state index is -0.417. The number of ether oxygens (including phenoxy) is 5. The number of rotatable bonds is 13. The molecule has 0 amide bonds. The smallest absolute Gasteiger partial charge is 0.261 e. The summed E-state index contributed by atoms with van der Waals surface area (Å²) in [6.45, 7) is 3.92. The lowest BCUT2D eigenvalue weighted by Crippen LogP contribution is -2.55. The fraction of sp³-hybridized carbons (Fsp3) is 0.265. The van der Waals surface area contributed by atoms with E-state index in [2.05, 4.69) is 36.4 Å². The van der Waals surface area contributed by atoms with Crippen LogP contribution in [0, 0.1) is 6.61 Å². The average molecular weight is 524 g/mol. The zero-order valence-electron chi connectivity index (χ0n) is 22.0. The van der Waals surface area contributed by atoms with Crippen molar-refractivity contribution in [2.24, 2.45) is 0 Å². The Morgan fingerprint density at radius 1 is 0.487 bits per heavy atom. The van der Waals surface area contributed by atoms with Crippen LogP contribution >= 0.6 is 0 Å². The molecular formula is C34H35O5+. The van der Waals surface area contributed by atoms with Crippen LogP contribution in [0.15, 0.2) is 121 Å². The van der Waals surface area contributed by atoms with Gasteiger partial charge in [-0.1, -0.05) is 121 Å². The molecule has 5 nitrogen and oxygen atoms in total. The molecule has 4 aromatic rings. The summed E-state index contributed by atoms with van der Waals surface area (Å²) in [6.07, 6.45) is -1.57. The van der Waals surface area contributed by atoms with Gasteiger partial charge in [0, 0.05) is 0 Å². The van der Waals surface area contributed by atoms with Gasteiger partial charge in [0.05, 0.1) is 33.0 Å². The van der Waals surface area contributed by atoms with E-state index in [1.807, 2.05) is 84.9 Å². The maximum absolute atomic E-state index is 6.55. The Balaban J connectivity index is 1.32. The van der Waals surface area contributed by atoms with Gasteiger partial charge >= 0.3 is 0 Å². The monoisotopic (exact) mass is 523 g/mol. The predicted octanol–water partition coefficient (Wildman–Crippen LogP) is 6.52. The number of hydrogen-bond donors (Lipinski definition) is 0. The van der Waals surface area contributed by atoms with Gasteiger partial charge in [0.2, 0.25) is 0 Å². The lowest BCUT2D eigenvalue weighted by molar-refractivity contribution is -0.227. The molecule has 5 rings (SSSR count). The lowest BCUT2D eigenvalue weighted by atomic mass is 9.99. The summed E-state index contributed by atoms with van der Waals surface area (Å²) in [4.78, 5) is 0. The fourth-order valence-electron chi connectivity index (χ4n) is 4.56. The van der Waals surface area contributed by atoms with Crippen LogP contribution in [-0.4, -0.2) is 31.0 Å². The summed E-state index contributed by atoms with van der Waals surface area (Å²) >= 11 is 0. The predicted molar refractivity (Wildman–Crippen MR) is 150 cm³/mol. The molecule has 1 aliphatic rings. The van der Waals surface area contributed by atoms with E-state index >= 15 is 0 Å². The first-order valence-electron chi connectivity index (χ1n) is 13.4. The van der Waals surface area contributed by atoms with E-state index in [1.165, 1.54) is 0 Å². The van der Waals surface area contributed by atoms with Crippen LogP contribution in [0.2, 0.25) is 0 Å². The first kappa shape index (κ1) is 27.1. The lowest BCUT2D eigenvalue weighted by Gasteiger charge is -2.36. The van der Waals surface area contributed by atoms with E-state index in [-0.39, 0.29) is 6.10 Å². The highest BCUT2D eigenvalue weighted by Crippen LogP contribution is 2.29.